The third-order valence-corrected chi connectivity index (χ3v) is 6.20. The number of nitrogens with zero attached hydrogens (tertiary/aromatic N) is 2. The lowest BCUT2D eigenvalue weighted by atomic mass is 10.0. The number of benzene rings is 1. The van der Waals surface area contributed by atoms with Crippen LogP contribution in [0.5, 0.6) is 5.75 Å². The highest BCUT2D eigenvalue weighted by molar-refractivity contribution is 7.88. The second-order valence-corrected chi connectivity index (χ2v) is 8.93. The summed E-state index contributed by atoms with van der Waals surface area (Å²) in [5.74, 6) is -0.948. The zero-order valence-corrected chi connectivity index (χ0v) is 18.3. The number of esters is 1. The summed E-state index contributed by atoms with van der Waals surface area (Å²) >= 11 is 0. The van der Waals surface area contributed by atoms with Crippen LogP contribution in [-0.2, 0) is 35.6 Å². The van der Waals surface area contributed by atoms with Crippen LogP contribution in [0.3, 0.4) is 0 Å². The van der Waals surface area contributed by atoms with Crippen molar-refractivity contribution in [2.45, 2.75) is 25.4 Å². The Morgan fingerprint density at radius 2 is 1.80 bits per heavy atom. The van der Waals surface area contributed by atoms with Gasteiger partial charge < -0.3 is 19.7 Å². The van der Waals surface area contributed by atoms with E-state index in [1.54, 1.807) is 24.3 Å². The molecule has 1 aliphatic heterocycles. The fourth-order valence-electron chi connectivity index (χ4n) is 3.26. The van der Waals surface area contributed by atoms with E-state index in [1.807, 2.05) is 0 Å². The minimum absolute atomic E-state index is 0.00211. The number of sulfonamides is 1. The van der Waals surface area contributed by atoms with Crippen LogP contribution in [-0.4, -0.2) is 87.6 Å². The summed E-state index contributed by atoms with van der Waals surface area (Å²) in [5, 5.41) is 2.59. The van der Waals surface area contributed by atoms with Gasteiger partial charge in [-0.1, -0.05) is 12.1 Å². The normalized spacial score (nSPS) is 18.4. The van der Waals surface area contributed by atoms with Crippen LogP contribution in [0.1, 0.15) is 12.5 Å². The van der Waals surface area contributed by atoms with Crippen LogP contribution in [0.25, 0.3) is 0 Å². The third-order valence-electron chi connectivity index (χ3n) is 4.91. The Morgan fingerprint density at radius 3 is 2.30 bits per heavy atom. The monoisotopic (exact) mass is 441 g/mol. The molecule has 1 N–H and O–H groups in total. The molecule has 0 aliphatic carbocycles. The Kier molecular flexibility index (Phi) is 7.79. The molecule has 30 heavy (non-hydrogen) atoms. The van der Waals surface area contributed by atoms with Crippen LogP contribution >= 0.6 is 0 Å². The van der Waals surface area contributed by atoms with Gasteiger partial charge in [-0.05, 0) is 17.7 Å². The van der Waals surface area contributed by atoms with Crippen molar-refractivity contribution in [1.29, 1.82) is 0 Å². The molecule has 166 valence electrons. The molecule has 0 aromatic heterocycles. The first kappa shape index (κ1) is 23.6. The maximum Gasteiger partial charge on any atom is 0.328 e. The lowest BCUT2D eigenvalue weighted by molar-refractivity contribution is -0.146. The number of nitrogens with one attached hydrogen (secondary N) is 1. The van der Waals surface area contributed by atoms with Crippen LogP contribution in [0.2, 0.25) is 0 Å². The number of piperazine rings is 1. The van der Waals surface area contributed by atoms with Gasteiger partial charge in [0, 0.05) is 33.0 Å². The molecule has 2 rings (SSSR count). The number of amides is 2. The minimum atomic E-state index is -3.69. The first-order valence-electron chi connectivity index (χ1n) is 9.30. The second-order valence-electron chi connectivity index (χ2n) is 6.99. The highest BCUT2D eigenvalue weighted by Gasteiger charge is 2.39. The van der Waals surface area contributed by atoms with Gasteiger partial charge in [0.05, 0.1) is 20.5 Å². The van der Waals surface area contributed by atoms with Gasteiger partial charge in [0.15, 0.2) is 0 Å². The zero-order chi connectivity index (χ0) is 22.5. The van der Waals surface area contributed by atoms with Crippen LogP contribution in [0.4, 0.5) is 0 Å². The molecule has 1 fully saturated rings. The molecule has 1 aromatic rings. The highest BCUT2D eigenvalue weighted by Crippen LogP contribution is 2.16. The van der Waals surface area contributed by atoms with Crippen molar-refractivity contribution in [3.63, 3.8) is 0 Å². The van der Waals surface area contributed by atoms with Crippen LogP contribution in [0.15, 0.2) is 24.3 Å². The van der Waals surface area contributed by atoms with Gasteiger partial charge in [-0.2, -0.15) is 4.31 Å². The number of carbonyl (C=O) groups is 3. The van der Waals surface area contributed by atoms with E-state index in [-0.39, 0.29) is 32.0 Å². The van der Waals surface area contributed by atoms with Crippen molar-refractivity contribution >= 4 is 27.8 Å². The molecule has 0 bridgehead atoms. The lowest BCUT2D eigenvalue weighted by Crippen LogP contribution is -2.62. The van der Waals surface area contributed by atoms with E-state index in [4.69, 9.17) is 9.47 Å². The summed E-state index contributed by atoms with van der Waals surface area (Å²) in [6.45, 7) is 1.45. The molecule has 11 heteroatoms. The number of rotatable bonds is 7. The van der Waals surface area contributed by atoms with E-state index >= 15 is 0 Å². The molecule has 1 saturated heterocycles. The van der Waals surface area contributed by atoms with Gasteiger partial charge in [-0.15, -0.1) is 0 Å². The van der Waals surface area contributed by atoms with Crippen molar-refractivity contribution in [3.8, 4) is 5.75 Å². The molecular weight excluding hydrogens is 414 g/mol. The number of hydrogen-bond donors (Lipinski definition) is 1. The van der Waals surface area contributed by atoms with E-state index in [0.29, 0.717) is 5.75 Å². The van der Waals surface area contributed by atoms with E-state index < -0.39 is 34.0 Å². The highest BCUT2D eigenvalue weighted by atomic mass is 32.2. The number of hydrogen-bond acceptors (Lipinski definition) is 7. The Balaban J connectivity index is 2.22. The average molecular weight is 442 g/mol. The predicted molar refractivity (Wildman–Crippen MR) is 108 cm³/mol. The first-order valence-corrected chi connectivity index (χ1v) is 11.1. The molecule has 0 radical (unpaired) electrons. The van der Waals surface area contributed by atoms with E-state index in [0.717, 1.165) is 16.1 Å². The lowest BCUT2D eigenvalue weighted by Gasteiger charge is -2.39. The van der Waals surface area contributed by atoms with Gasteiger partial charge >= 0.3 is 5.97 Å². The van der Waals surface area contributed by atoms with Gasteiger partial charge in [0.2, 0.25) is 21.8 Å². The first-order chi connectivity index (χ1) is 14.1. The largest absolute Gasteiger partial charge is 0.497 e. The maximum absolute atomic E-state index is 13.0. The summed E-state index contributed by atoms with van der Waals surface area (Å²) in [7, 11) is -0.952. The number of carbonyl (C=O) groups excluding carboxylic acids is 3. The van der Waals surface area contributed by atoms with Crippen molar-refractivity contribution in [3.05, 3.63) is 29.8 Å². The SMILES string of the molecule is COC(=O)[C@H](Cc1ccc(OC)cc1)NC(=O)[C@H]1CN(C(C)=O)CCN1S(C)(=O)=O. The molecule has 1 aliphatic rings. The Hall–Kier alpha value is -2.66. The molecule has 1 heterocycles. The van der Waals surface area contributed by atoms with Gasteiger partial charge in [-0.25, -0.2) is 13.2 Å². The van der Waals surface area contributed by atoms with Crippen LogP contribution < -0.4 is 10.1 Å². The van der Waals surface area contributed by atoms with Crippen molar-refractivity contribution in [2.24, 2.45) is 0 Å². The van der Waals surface area contributed by atoms with Crippen molar-refractivity contribution in [2.75, 3.05) is 40.1 Å². The van der Waals surface area contributed by atoms with Crippen LogP contribution in [0, 0.1) is 0 Å². The molecule has 0 saturated carbocycles. The minimum Gasteiger partial charge on any atom is -0.497 e. The van der Waals surface area contributed by atoms with E-state index in [1.165, 1.54) is 26.0 Å². The van der Waals surface area contributed by atoms with E-state index in [9.17, 15) is 22.8 Å². The molecule has 0 unspecified atom stereocenters. The third kappa shape index (κ3) is 5.92. The summed E-state index contributed by atoms with van der Waals surface area (Å²) in [5.41, 5.74) is 0.750. The number of methoxy groups -OCH3 is 2. The predicted octanol–water partition coefficient (Wildman–Crippen LogP) is -0.612. The Morgan fingerprint density at radius 1 is 1.17 bits per heavy atom. The molecule has 1 aromatic carbocycles. The van der Waals surface area contributed by atoms with Crippen molar-refractivity contribution < 1.29 is 32.3 Å². The molecule has 2 atom stereocenters. The fraction of sp³-hybridized carbons (Fsp3) is 0.526. The summed E-state index contributed by atoms with van der Waals surface area (Å²) in [6.07, 6.45) is 1.15. The summed E-state index contributed by atoms with van der Waals surface area (Å²) in [4.78, 5) is 38.4. The van der Waals surface area contributed by atoms with Gasteiger partial charge in [0.1, 0.15) is 17.8 Å². The van der Waals surface area contributed by atoms with Crippen molar-refractivity contribution in [1.82, 2.24) is 14.5 Å². The molecule has 10 nitrogen and oxygen atoms in total. The number of ether oxygens (including phenoxy) is 2. The van der Waals surface area contributed by atoms with Gasteiger partial charge in [0.25, 0.3) is 0 Å². The smallest absolute Gasteiger partial charge is 0.328 e. The average Bonchev–Trinajstić information content (AvgIpc) is 2.71. The maximum atomic E-state index is 13.0. The summed E-state index contributed by atoms with van der Waals surface area (Å²) < 4.78 is 35.2. The standard InChI is InChI=1S/C19H27N3O7S/c1-13(23)21-9-10-22(30(4,26)27)17(12-21)18(24)20-16(19(25)29-3)11-14-5-7-15(28-2)8-6-14/h5-8,16-17H,9-12H2,1-4H3,(H,20,24)/t16-,17+/m0/s1. The Bertz CT molecular complexity index is 886. The molecule has 0 spiro atoms. The summed E-state index contributed by atoms with van der Waals surface area (Å²) in [6, 6.07) is 4.79. The topological polar surface area (TPSA) is 122 Å². The molecular formula is C19H27N3O7S. The zero-order valence-electron chi connectivity index (χ0n) is 17.5. The molecule has 2 amide bonds. The van der Waals surface area contributed by atoms with E-state index in [2.05, 4.69) is 5.32 Å². The fourth-order valence-corrected chi connectivity index (χ4v) is 4.30. The Labute approximate surface area is 176 Å². The van der Waals surface area contributed by atoms with Gasteiger partial charge in [-0.3, -0.25) is 9.59 Å². The quantitative estimate of drug-likeness (QED) is 0.560. The second kappa shape index (κ2) is 9.90.